The molecule has 0 fully saturated rings. The molecule has 1 aromatic heterocycles. The van der Waals surface area contributed by atoms with Gasteiger partial charge >= 0.3 is 5.97 Å². The van der Waals surface area contributed by atoms with Crippen LogP contribution in [0.1, 0.15) is 36.7 Å². The summed E-state index contributed by atoms with van der Waals surface area (Å²) in [5.74, 6) is -0.368. The van der Waals surface area contributed by atoms with Gasteiger partial charge < -0.3 is 10.5 Å². The predicted molar refractivity (Wildman–Crippen MR) is 70.3 cm³/mol. The number of rotatable bonds is 5. The Labute approximate surface area is 108 Å². The Morgan fingerprint density at radius 3 is 2.50 bits per heavy atom. The van der Waals surface area contributed by atoms with Crippen molar-refractivity contribution in [1.29, 1.82) is 0 Å². The Balaban J connectivity index is 2.57. The van der Waals surface area contributed by atoms with E-state index in [9.17, 15) is 4.79 Å². The highest BCUT2D eigenvalue weighted by Gasteiger charge is 2.28. The number of nitrogens with two attached hydrogens (primary N) is 1. The van der Waals surface area contributed by atoms with Gasteiger partial charge in [0.05, 0.1) is 12.8 Å². The van der Waals surface area contributed by atoms with Crippen molar-refractivity contribution in [2.45, 2.75) is 52.6 Å². The van der Waals surface area contributed by atoms with Crippen LogP contribution in [0.5, 0.6) is 0 Å². The minimum Gasteiger partial charge on any atom is -0.468 e. The average Bonchev–Trinajstić information content (AvgIpc) is 2.56. The molecule has 5 heteroatoms. The fourth-order valence-electron chi connectivity index (χ4n) is 1.94. The molecule has 2 N–H and O–H groups in total. The predicted octanol–water partition coefficient (Wildman–Crippen LogP) is 1.48. The standard InChI is InChI=1S/C13H23N3O2/c1-9-10(2)15-16(11(9)3)8-6-7-13(4,14)12(17)18-5/h6-8,14H2,1-5H3. The van der Waals surface area contributed by atoms with E-state index in [2.05, 4.69) is 23.7 Å². The molecule has 0 radical (unpaired) electrons. The fraction of sp³-hybridized carbons (Fsp3) is 0.692. The van der Waals surface area contributed by atoms with Crippen LogP contribution in [0.4, 0.5) is 0 Å². The summed E-state index contributed by atoms with van der Waals surface area (Å²) in [6.45, 7) is 8.59. The van der Waals surface area contributed by atoms with E-state index in [0.717, 1.165) is 18.7 Å². The van der Waals surface area contributed by atoms with Gasteiger partial charge in [-0.25, -0.2) is 0 Å². The summed E-state index contributed by atoms with van der Waals surface area (Å²) < 4.78 is 6.65. The minimum absolute atomic E-state index is 0.368. The number of aryl methyl sites for hydroxylation is 2. The van der Waals surface area contributed by atoms with Crippen molar-refractivity contribution >= 4 is 5.97 Å². The second kappa shape index (κ2) is 5.52. The van der Waals surface area contributed by atoms with E-state index in [1.165, 1.54) is 18.4 Å². The largest absolute Gasteiger partial charge is 0.468 e. The van der Waals surface area contributed by atoms with Crippen molar-refractivity contribution in [3.63, 3.8) is 0 Å². The van der Waals surface area contributed by atoms with Gasteiger partial charge in [0.25, 0.3) is 0 Å². The van der Waals surface area contributed by atoms with Crippen LogP contribution in [0.25, 0.3) is 0 Å². The lowest BCUT2D eigenvalue weighted by molar-refractivity contribution is -0.146. The lowest BCUT2D eigenvalue weighted by Gasteiger charge is -2.21. The monoisotopic (exact) mass is 253 g/mol. The zero-order valence-electron chi connectivity index (χ0n) is 11.9. The quantitative estimate of drug-likeness (QED) is 0.807. The number of carbonyl (C=O) groups excluding carboxylic acids is 1. The third-order valence-electron chi connectivity index (χ3n) is 3.46. The van der Waals surface area contributed by atoms with Crippen LogP contribution in [0, 0.1) is 20.8 Å². The zero-order valence-corrected chi connectivity index (χ0v) is 11.9. The molecule has 0 aliphatic rings. The zero-order chi connectivity index (χ0) is 13.9. The van der Waals surface area contributed by atoms with Crippen molar-refractivity contribution in [3.8, 4) is 0 Å². The minimum atomic E-state index is -0.917. The molecule has 1 aromatic rings. The van der Waals surface area contributed by atoms with Crippen LogP contribution in [0.15, 0.2) is 0 Å². The lowest BCUT2D eigenvalue weighted by atomic mass is 9.97. The van der Waals surface area contributed by atoms with Crippen LogP contribution in [0.2, 0.25) is 0 Å². The van der Waals surface area contributed by atoms with Gasteiger partial charge in [-0.05, 0) is 46.1 Å². The molecular formula is C13H23N3O2. The van der Waals surface area contributed by atoms with Crippen LogP contribution >= 0.6 is 0 Å². The Kier molecular flexibility index (Phi) is 4.51. The summed E-state index contributed by atoms with van der Waals surface area (Å²) in [4.78, 5) is 11.4. The van der Waals surface area contributed by atoms with Crippen LogP contribution in [-0.4, -0.2) is 28.4 Å². The van der Waals surface area contributed by atoms with Gasteiger partial charge in [-0.15, -0.1) is 0 Å². The molecule has 1 unspecified atom stereocenters. The number of hydrogen-bond donors (Lipinski definition) is 1. The summed E-state index contributed by atoms with van der Waals surface area (Å²) in [6.07, 6.45) is 1.38. The third-order valence-corrected chi connectivity index (χ3v) is 3.46. The van der Waals surface area contributed by atoms with Gasteiger partial charge in [-0.2, -0.15) is 5.10 Å². The van der Waals surface area contributed by atoms with Crippen LogP contribution < -0.4 is 5.73 Å². The van der Waals surface area contributed by atoms with Gasteiger partial charge in [-0.3, -0.25) is 9.48 Å². The average molecular weight is 253 g/mol. The molecular weight excluding hydrogens is 230 g/mol. The molecule has 1 rings (SSSR count). The highest BCUT2D eigenvalue weighted by atomic mass is 16.5. The Bertz CT molecular complexity index is 436. The lowest BCUT2D eigenvalue weighted by Crippen LogP contribution is -2.45. The van der Waals surface area contributed by atoms with Gasteiger partial charge in [0.15, 0.2) is 0 Å². The van der Waals surface area contributed by atoms with E-state index in [4.69, 9.17) is 5.73 Å². The number of hydrogen-bond acceptors (Lipinski definition) is 4. The first kappa shape index (κ1) is 14.7. The second-order valence-corrected chi connectivity index (χ2v) is 5.03. The van der Waals surface area contributed by atoms with Gasteiger partial charge in [-0.1, -0.05) is 0 Å². The molecule has 0 spiro atoms. The number of carbonyl (C=O) groups is 1. The highest BCUT2D eigenvalue weighted by molar-refractivity contribution is 5.79. The molecule has 0 bridgehead atoms. The molecule has 1 heterocycles. The second-order valence-electron chi connectivity index (χ2n) is 5.03. The molecule has 102 valence electrons. The van der Waals surface area contributed by atoms with Gasteiger partial charge in [0, 0.05) is 12.2 Å². The Morgan fingerprint density at radius 1 is 1.44 bits per heavy atom. The van der Waals surface area contributed by atoms with Crippen molar-refractivity contribution < 1.29 is 9.53 Å². The van der Waals surface area contributed by atoms with E-state index >= 15 is 0 Å². The molecule has 0 aromatic carbocycles. The van der Waals surface area contributed by atoms with E-state index in [1.807, 2.05) is 11.6 Å². The smallest absolute Gasteiger partial charge is 0.325 e. The highest BCUT2D eigenvalue weighted by Crippen LogP contribution is 2.15. The van der Waals surface area contributed by atoms with Gasteiger partial charge in [0.2, 0.25) is 0 Å². The Hall–Kier alpha value is -1.36. The maximum absolute atomic E-state index is 11.4. The summed E-state index contributed by atoms with van der Waals surface area (Å²) in [6, 6.07) is 0. The number of aromatic nitrogens is 2. The van der Waals surface area contributed by atoms with E-state index in [-0.39, 0.29) is 5.97 Å². The SMILES string of the molecule is COC(=O)C(C)(N)CCCn1nc(C)c(C)c1C. The van der Waals surface area contributed by atoms with Crippen molar-refractivity contribution in [2.24, 2.45) is 5.73 Å². The maximum Gasteiger partial charge on any atom is 0.325 e. The van der Waals surface area contributed by atoms with Crippen molar-refractivity contribution in [1.82, 2.24) is 9.78 Å². The molecule has 0 aliphatic carbocycles. The first-order valence-electron chi connectivity index (χ1n) is 6.17. The van der Waals surface area contributed by atoms with E-state index in [1.54, 1.807) is 6.92 Å². The first-order valence-corrected chi connectivity index (χ1v) is 6.17. The first-order chi connectivity index (χ1) is 8.29. The molecule has 18 heavy (non-hydrogen) atoms. The molecule has 0 saturated heterocycles. The maximum atomic E-state index is 11.4. The normalized spacial score (nSPS) is 14.3. The van der Waals surface area contributed by atoms with Crippen molar-refractivity contribution in [3.05, 3.63) is 17.0 Å². The summed E-state index contributed by atoms with van der Waals surface area (Å²) >= 11 is 0. The summed E-state index contributed by atoms with van der Waals surface area (Å²) in [5.41, 5.74) is 8.43. The Morgan fingerprint density at radius 2 is 2.06 bits per heavy atom. The third kappa shape index (κ3) is 3.10. The van der Waals surface area contributed by atoms with Crippen LogP contribution in [-0.2, 0) is 16.1 Å². The van der Waals surface area contributed by atoms with Crippen LogP contribution in [0.3, 0.4) is 0 Å². The molecule has 0 aliphatic heterocycles. The fourth-order valence-corrected chi connectivity index (χ4v) is 1.94. The van der Waals surface area contributed by atoms with Crippen molar-refractivity contribution in [2.75, 3.05) is 7.11 Å². The van der Waals surface area contributed by atoms with Gasteiger partial charge in [0.1, 0.15) is 5.54 Å². The number of methoxy groups -OCH3 is 1. The summed E-state index contributed by atoms with van der Waals surface area (Å²) in [5, 5.41) is 4.45. The summed E-state index contributed by atoms with van der Waals surface area (Å²) in [7, 11) is 1.36. The number of ether oxygens (including phenoxy) is 1. The molecule has 5 nitrogen and oxygen atoms in total. The molecule has 0 saturated carbocycles. The molecule has 1 atom stereocenters. The number of nitrogens with zero attached hydrogens (tertiary/aromatic N) is 2. The topological polar surface area (TPSA) is 70.1 Å². The number of esters is 1. The molecule has 0 amide bonds. The van der Waals surface area contributed by atoms with E-state index < -0.39 is 5.54 Å². The van der Waals surface area contributed by atoms with E-state index in [0.29, 0.717) is 6.42 Å².